The van der Waals surface area contributed by atoms with Gasteiger partial charge >= 0.3 is 0 Å². The van der Waals surface area contributed by atoms with Crippen molar-refractivity contribution in [1.29, 1.82) is 0 Å². The van der Waals surface area contributed by atoms with Gasteiger partial charge in [0.05, 0.1) is 0 Å². The van der Waals surface area contributed by atoms with Crippen LogP contribution in [0.25, 0.3) is 0 Å². The minimum absolute atomic E-state index is 0.0392. The fourth-order valence-corrected chi connectivity index (χ4v) is 4.04. The van der Waals surface area contributed by atoms with Crippen molar-refractivity contribution in [3.05, 3.63) is 63.8 Å². The summed E-state index contributed by atoms with van der Waals surface area (Å²) in [4.78, 5) is 42.6. The molecule has 7 heteroatoms. The minimum atomic E-state index is -0.507. The highest BCUT2D eigenvalue weighted by molar-refractivity contribution is 5.99. The number of hydrogen-bond donors (Lipinski definition) is 2. The summed E-state index contributed by atoms with van der Waals surface area (Å²) in [5, 5.41) is 5.69. The summed E-state index contributed by atoms with van der Waals surface area (Å²) in [5.41, 5.74) is 0.730. The molecular weight excluding hydrogens is 404 g/mol. The van der Waals surface area contributed by atoms with Crippen LogP contribution in [0.5, 0.6) is 0 Å². The number of carbonyl (C=O) groups excluding carboxylic acids is 2. The van der Waals surface area contributed by atoms with Crippen LogP contribution in [0.1, 0.15) is 84.7 Å². The fraction of sp³-hybridized carbons (Fsp3) is 0.520. The molecule has 2 N–H and O–H groups in total. The third-order valence-corrected chi connectivity index (χ3v) is 5.97. The molecule has 1 aliphatic rings. The van der Waals surface area contributed by atoms with Gasteiger partial charge < -0.3 is 15.2 Å². The number of nitrogens with zero attached hydrogens (tertiary/aromatic N) is 2. The lowest BCUT2D eigenvalue weighted by molar-refractivity contribution is 0.0949. The molecule has 0 radical (unpaired) electrons. The SMILES string of the molecule is CC(C)CCNC(=O)c1cn(C2CCCC2)cc(C(=O)NCCCc2ccncc2)c1=O. The van der Waals surface area contributed by atoms with Crippen LogP contribution in [0.2, 0.25) is 0 Å². The Labute approximate surface area is 189 Å². The van der Waals surface area contributed by atoms with E-state index in [1.54, 1.807) is 24.8 Å². The summed E-state index contributed by atoms with van der Waals surface area (Å²) in [6.45, 7) is 5.12. The van der Waals surface area contributed by atoms with Gasteiger partial charge in [0.15, 0.2) is 0 Å². The normalized spacial score (nSPS) is 14.0. The molecule has 1 fully saturated rings. The number of rotatable bonds is 10. The Morgan fingerprint density at radius 3 is 2.22 bits per heavy atom. The molecule has 0 unspecified atom stereocenters. The lowest BCUT2D eigenvalue weighted by Gasteiger charge is -2.17. The lowest BCUT2D eigenvalue weighted by Crippen LogP contribution is -2.36. The molecule has 0 saturated heterocycles. The standard InChI is InChI=1S/C25H34N4O3/c1-18(2)9-15-28-25(32)22-17-29(20-7-3-4-8-20)16-21(23(22)30)24(31)27-12-5-6-19-10-13-26-14-11-19/h10-11,13-14,16-18,20H,3-9,12,15H2,1-2H3,(H,27,31)(H,28,32). The average Bonchev–Trinajstić information content (AvgIpc) is 3.32. The highest BCUT2D eigenvalue weighted by Crippen LogP contribution is 2.29. The Morgan fingerprint density at radius 1 is 1.03 bits per heavy atom. The highest BCUT2D eigenvalue weighted by atomic mass is 16.2. The first-order valence-corrected chi connectivity index (χ1v) is 11.7. The molecule has 0 spiro atoms. The van der Waals surface area contributed by atoms with E-state index in [0.29, 0.717) is 19.0 Å². The number of carbonyl (C=O) groups is 2. The van der Waals surface area contributed by atoms with Crippen LogP contribution in [-0.4, -0.2) is 34.5 Å². The van der Waals surface area contributed by atoms with E-state index < -0.39 is 17.2 Å². The molecule has 2 amide bonds. The number of aromatic nitrogens is 2. The Bertz CT molecular complexity index is 963. The van der Waals surface area contributed by atoms with Crippen molar-refractivity contribution in [3.8, 4) is 0 Å². The fourth-order valence-electron chi connectivity index (χ4n) is 4.04. The number of nitrogens with one attached hydrogen (secondary N) is 2. The van der Waals surface area contributed by atoms with Crippen LogP contribution < -0.4 is 16.1 Å². The zero-order valence-corrected chi connectivity index (χ0v) is 19.1. The molecule has 0 atom stereocenters. The summed E-state index contributed by atoms with van der Waals surface area (Å²) in [7, 11) is 0. The van der Waals surface area contributed by atoms with Gasteiger partial charge in [0.1, 0.15) is 11.1 Å². The molecule has 2 aromatic heterocycles. The average molecular weight is 439 g/mol. The van der Waals surface area contributed by atoms with Gasteiger partial charge in [0.2, 0.25) is 5.43 Å². The molecule has 7 nitrogen and oxygen atoms in total. The number of hydrogen-bond acceptors (Lipinski definition) is 4. The second-order valence-corrected chi connectivity index (χ2v) is 8.95. The molecule has 2 heterocycles. The van der Waals surface area contributed by atoms with Crippen molar-refractivity contribution >= 4 is 11.8 Å². The van der Waals surface area contributed by atoms with Crippen molar-refractivity contribution in [1.82, 2.24) is 20.2 Å². The van der Waals surface area contributed by atoms with E-state index in [1.807, 2.05) is 16.7 Å². The van der Waals surface area contributed by atoms with E-state index in [9.17, 15) is 14.4 Å². The molecular formula is C25H34N4O3. The van der Waals surface area contributed by atoms with Gasteiger partial charge in [0.25, 0.3) is 11.8 Å². The molecule has 1 aliphatic carbocycles. The van der Waals surface area contributed by atoms with Crippen molar-refractivity contribution < 1.29 is 9.59 Å². The van der Waals surface area contributed by atoms with Gasteiger partial charge in [-0.1, -0.05) is 26.7 Å². The maximum Gasteiger partial charge on any atom is 0.256 e. The zero-order valence-electron chi connectivity index (χ0n) is 19.1. The third kappa shape index (κ3) is 6.52. The second kappa shape index (κ2) is 11.6. The Morgan fingerprint density at radius 2 is 1.62 bits per heavy atom. The second-order valence-electron chi connectivity index (χ2n) is 8.95. The van der Waals surface area contributed by atoms with Crippen LogP contribution >= 0.6 is 0 Å². The van der Waals surface area contributed by atoms with Gasteiger partial charge in [0, 0.05) is 43.9 Å². The van der Waals surface area contributed by atoms with E-state index in [2.05, 4.69) is 29.5 Å². The quantitative estimate of drug-likeness (QED) is 0.555. The van der Waals surface area contributed by atoms with Gasteiger partial charge in [-0.05, 0) is 55.7 Å². The summed E-state index contributed by atoms with van der Waals surface area (Å²) in [6.07, 6.45) is 13.4. The maximum atomic E-state index is 13.0. The first kappa shape index (κ1) is 23.7. The molecule has 2 aromatic rings. The van der Waals surface area contributed by atoms with Crippen molar-refractivity contribution in [2.75, 3.05) is 13.1 Å². The van der Waals surface area contributed by atoms with Crippen LogP contribution in [0.15, 0.2) is 41.7 Å². The maximum absolute atomic E-state index is 13.0. The van der Waals surface area contributed by atoms with Crippen LogP contribution in [0.4, 0.5) is 0 Å². The summed E-state index contributed by atoms with van der Waals surface area (Å²) < 4.78 is 1.90. The molecule has 172 valence electrons. The lowest BCUT2D eigenvalue weighted by atomic mass is 10.1. The topological polar surface area (TPSA) is 93.1 Å². The molecule has 0 bridgehead atoms. The van der Waals surface area contributed by atoms with Gasteiger partial charge in [-0.25, -0.2) is 0 Å². The zero-order chi connectivity index (χ0) is 22.9. The Kier molecular flexibility index (Phi) is 8.59. The monoisotopic (exact) mass is 438 g/mol. The van der Waals surface area contributed by atoms with Gasteiger partial charge in [-0.15, -0.1) is 0 Å². The minimum Gasteiger partial charge on any atom is -0.352 e. The summed E-state index contributed by atoms with van der Waals surface area (Å²) in [6, 6.07) is 4.11. The Balaban J connectivity index is 1.72. The predicted octanol–water partition coefficient (Wildman–Crippen LogP) is 3.50. The van der Waals surface area contributed by atoms with Crippen LogP contribution in [0, 0.1) is 5.92 Å². The summed E-state index contributed by atoms with van der Waals surface area (Å²) in [5.74, 6) is -0.377. The molecule has 32 heavy (non-hydrogen) atoms. The smallest absolute Gasteiger partial charge is 0.256 e. The van der Waals surface area contributed by atoms with E-state index in [1.165, 1.54) is 0 Å². The van der Waals surface area contributed by atoms with Crippen molar-refractivity contribution in [3.63, 3.8) is 0 Å². The van der Waals surface area contributed by atoms with Crippen molar-refractivity contribution in [2.45, 2.75) is 64.8 Å². The van der Waals surface area contributed by atoms with Gasteiger partial charge in [-0.2, -0.15) is 0 Å². The highest BCUT2D eigenvalue weighted by Gasteiger charge is 2.23. The number of aryl methyl sites for hydroxylation is 1. The van der Waals surface area contributed by atoms with E-state index >= 15 is 0 Å². The largest absolute Gasteiger partial charge is 0.352 e. The molecule has 0 aromatic carbocycles. The summed E-state index contributed by atoms with van der Waals surface area (Å²) >= 11 is 0. The number of pyridine rings is 2. The molecule has 3 rings (SSSR count). The van der Waals surface area contributed by atoms with E-state index in [-0.39, 0.29) is 17.2 Å². The first-order chi connectivity index (χ1) is 15.5. The first-order valence-electron chi connectivity index (χ1n) is 11.7. The Hall–Kier alpha value is -2.96. The van der Waals surface area contributed by atoms with E-state index in [0.717, 1.165) is 50.5 Å². The molecule has 1 saturated carbocycles. The van der Waals surface area contributed by atoms with Gasteiger partial charge in [-0.3, -0.25) is 19.4 Å². The number of amides is 2. The van der Waals surface area contributed by atoms with E-state index in [4.69, 9.17) is 0 Å². The third-order valence-electron chi connectivity index (χ3n) is 5.97. The molecule has 0 aliphatic heterocycles. The van der Waals surface area contributed by atoms with Crippen LogP contribution in [-0.2, 0) is 6.42 Å². The van der Waals surface area contributed by atoms with Crippen LogP contribution in [0.3, 0.4) is 0 Å². The van der Waals surface area contributed by atoms with Crippen molar-refractivity contribution in [2.24, 2.45) is 5.92 Å². The predicted molar refractivity (Wildman–Crippen MR) is 125 cm³/mol.